The van der Waals surface area contributed by atoms with Crippen molar-refractivity contribution in [1.82, 2.24) is 20.2 Å². The number of likely N-dealkylation sites (tertiary alicyclic amines) is 1. The number of hydrogen-bond acceptors (Lipinski definition) is 7. The van der Waals surface area contributed by atoms with Gasteiger partial charge in [-0.3, -0.25) is 9.59 Å². The van der Waals surface area contributed by atoms with E-state index in [1.54, 1.807) is 11.8 Å². The Balaban J connectivity index is 1.98. The van der Waals surface area contributed by atoms with E-state index in [2.05, 4.69) is 20.6 Å². The van der Waals surface area contributed by atoms with Crippen molar-refractivity contribution in [3.63, 3.8) is 0 Å². The lowest BCUT2D eigenvalue weighted by molar-refractivity contribution is -0.142. The van der Waals surface area contributed by atoms with Crippen molar-refractivity contribution in [3.05, 3.63) is 28.5 Å². The maximum Gasteiger partial charge on any atom is 0.408 e. The molecular weight excluding hydrogens is 495 g/mol. The molecule has 0 saturated carbocycles. The zero-order valence-corrected chi connectivity index (χ0v) is 21.3. The Bertz CT molecular complexity index is 1220. The molecule has 0 aliphatic carbocycles. The molecule has 198 valence electrons. The second-order valence-electron chi connectivity index (χ2n) is 9.17. The lowest BCUT2D eigenvalue weighted by Gasteiger charge is -2.22. The molecule has 0 bridgehead atoms. The van der Waals surface area contributed by atoms with Gasteiger partial charge < -0.3 is 20.6 Å². The van der Waals surface area contributed by atoms with E-state index in [0.717, 1.165) is 31.1 Å². The Morgan fingerprint density at radius 3 is 2.69 bits per heavy atom. The highest BCUT2D eigenvalue weighted by Crippen LogP contribution is 2.35. The lowest BCUT2D eigenvalue weighted by atomic mass is 10.1. The number of amides is 2. The Labute approximate surface area is 216 Å². The Morgan fingerprint density at radius 1 is 1.42 bits per heavy atom. The summed E-state index contributed by atoms with van der Waals surface area (Å²) >= 11 is 0.877. The van der Waals surface area contributed by atoms with Crippen molar-refractivity contribution in [2.45, 2.75) is 77.7 Å². The van der Waals surface area contributed by atoms with Crippen LogP contribution >= 0.6 is 11.3 Å². The van der Waals surface area contributed by atoms with Gasteiger partial charge in [0.05, 0.1) is 10.5 Å². The van der Waals surface area contributed by atoms with Crippen molar-refractivity contribution in [3.8, 4) is 10.4 Å². The zero-order valence-electron chi connectivity index (χ0n) is 23.5. The number of thiazole rings is 1. The normalized spacial score (nSPS) is 20.2. The summed E-state index contributed by atoms with van der Waals surface area (Å²) in [5.41, 5.74) is -1.27. The number of nitrogens with zero attached hydrogens (tertiary/aromatic N) is 3. The number of carbonyl (C=O) groups excluding carboxylic acids is 2. The number of nitrogens with one attached hydrogen (secondary N) is 2. The fourth-order valence-corrected chi connectivity index (χ4v) is 4.96. The molecule has 1 saturated heterocycles. The molecule has 0 aromatic carbocycles. The van der Waals surface area contributed by atoms with Crippen LogP contribution in [0, 0.1) is 6.92 Å². The fraction of sp³-hybridized carbons (Fsp3) is 0.583. The molecule has 1 aliphatic rings. The van der Waals surface area contributed by atoms with Gasteiger partial charge in [-0.1, -0.05) is 6.92 Å². The van der Waals surface area contributed by atoms with Crippen molar-refractivity contribution in [2.75, 3.05) is 18.4 Å². The summed E-state index contributed by atoms with van der Waals surface area (Å²) in [6.45, 7) is 3.21. The highest BCUT2D eigenvalue weighted by Gasteiger charge is 2.38. The highest BCUT2D eigenvalue weighted by atomic mass is 32.1. The summed E-state index contributed by atoms with van der Waals surface area (Å²) < 4.78 is 62.0. The third-order valence-corrected chi connectivity index (χ3v) is 7.00. The minimum atomic E-state index is -4.46. The average molecular weight is 531 g/mol. The third kappa shape index (κ3) is 6.52. The molecular formula is C24H32F3N5O3S. The van der Waals surface area contributed by atoms with E-state index in [-0.39, 0.29) is 29.0 Å². The van der Waals surface area contributed by atoms with Gasteiger partial charge in [-0.15, -0.1) is 11.3 Å². The Kier molecular flexibility index (Phi) is 7.04. The van der Waals surface area contributed by atoms with Crippen LogP contribution in [0.1, 0.15) is 76.9 Å². The van der Waals surface area contributed by atoms with E-state index in [1.165, 1.54) is 19.2 Å². The number of pyridine rings is 1. The van der Waals surface area contributed by atoms with Crippen LogP contribution < -0.4 is 10.6 Å². The quantitative estimate of drug-likeness (QED) is 0.467. The van der Waals surface area contributed by atoms with Crippen molar-refractivity contribution < 1.29 is 32.0 Å². The summed E-state index contributed by atoms with van der Waals surface area (Å²) in [5, 5.41) is 14.8. The highest BCUT2D eigenvalue weighted by molar-refractivity contribution is 7.17. The van der Waals surface area contributed by atoms with Gasteiger partial charge in [0, 0.05) is 35.0 Å². The van der Waals surface area contributed by atoms with Crippen LogP contribution in [0.15, 0.2) is 12.3 Å². The number of aryl methyl sites for hydroxylation is 1. The Hall–Kier alpha value is -2.73. The molecule has 36 heavy (non-hydrogen) atoms. The average Bonchev–Trinajstić information content (AvgIpc) is 3.46. The third-order valence-electron chi connectivity index (χ3n) is 5.91. The number of halogens is 3. The van der Waals surface area contributed by atoms with Crippen molar-refractivity contribution >= 4 is 29.0 Å². The fourth-order valence-electron chi connectivity index (χ4n) is 3.91. The summed E-state index contributed by atoms with van der Waals surface area (Å²) in [6.07, 6.45) is -1.70. The standard InChI is InChI=1S/C24H32F3N5O3S/c1-6-16(24(25,26)27)30-17-10-13(2)15(11-28-17)19-18(22(34)32-9-7-8-14(32)3)31-21(36-19)20(33)29-12-23(4,5)35/h10-11,14,16,35H,6-9,12H2,1-5H3,(H,28,30)(H,29,33)/t14-,16-/m0/s1/i4D3/t14-,16-,23?. The first-order chi connectivity index (χ1) is 18.0. The van der Waals surface area contributed by atoms with Gasteiger partial charge in [-0.2, -0.15) is 13.2 Å². The summed E-state index contributed by atoms with van der Waals surface area (Å²) in [7, 11) is 0. The van der Waals surface area contributed by atoms with E-state index in [0.29, 0.717) is 22.5 Å². The van der Waals surface area contributed by atoms with Crippen LogP contribution in [-0.4, -0.2) is 68.7 Å². The van der Waals surface area contributed by atoms with Crippen LogP contribution in [0.3, 0.4) is 0 Å². The molecule has 8 nitrogen and oxygen atoms in total. The number of alkyl halides is 3. The van der Waals surface area contributed by atoms with Gasteiger partial charge in [-0.05, 0) is 58.5 Å². The molecule has 3 rings (SSSR count). The Morgan fingerprint density at radius 2 is 2.14 bits per heavy atom. The number of hydrogen-bond donors (Lipinski definition) is 3. The van der Waals surface area contributed by atoms with E-state index in [4.69, 9.17) is 4.11 Å². The first-order valence-corrected chi connectivity index (χ1v) is 12.4. The number of rotatable bonds is 8. The van der Waals surface area contributed by atoms with Crippen molar-refractivity contribution in [1.29, 1.82) is 0 Å². The molecule has 1 unspecified atom stereocenters. The van der Waals surface area contributed by atoms with Crippen LogP contribution in [0.4, 0.5) is 19.0 Å². The van der Waals surface area contributed by atoms with E-state index in [9.17, 15) is 27.9 Å². The molecule has 3 heterocycles. The predicted molar refractivity (Wildman–Crippen MR) is 132 cm³/mol. The first kappa shape index (κ1) is 23.7. The van der Waals surface area contributed by atoms with Crippen LogP contribution in [-0.2, 0) is 0 Å². The predicted octanol–water partition coefficient (Wildman–Crippen LogP) is 4.39. The van der Waals surface area contributed by atoms with E-state index in [1.807, 2.05) is 6.92 Å². The van der Waals surface area contributed by atoms with Gasteiger partial charge in [0.2, 0.25) is 0 Å². The van der Waals surface area contributed by atoms with Gasteiger partial charge in [0.15, 0.2) is 5.01 Å². The van der Waals surface area contributed by atoms with Crippen LogP contribution in [0.25, 0.3) is 10.4 Å². The summed E-state index contributed by atoms with van der Waals surface area (Å²) in [4.78, 5) is 36.7. The topological polar surface area (TPSA) is 107 Å². The second-order valence-corrected chi connectivity index (χ2v) is 10.2. The first-order valence-electron chi connectivity index (χ1n) is 13.1. The largest absolute Gasteiger partial charge is 0.408 e. The monoisotopic (exact) mass is 530 g/mol. The molecule has 0 spiro atoms. The maximum absolute atomic E-state index is 13.5. The molecule has 1 fully saturated rings. The van der Waals surface area contributed by atoms with Gasteiger partial charge in [0.1, 0.15) is 17.6 Å². The minimum Gasteiger partial charge on any atom is -0.389 e. The van der Waals surface area contributed by atoms with E-state index >= 15 is 0 Å². The number of carbonyl (C=O) groups is 2. The molecule has 1 aliphatic heterocycles. The molecule has 12 heteroatoms. The number of aromatic nitrogens is 2. The van der Waals surface area contributed by atoms with Crippen LogP contribution in [0.5, 0.6) is 0 Å². The van der Waals surface area contributed by atoms with Crippen LogP contribution in [0.2, 0.25) is 0 Å². The summed E-state index contributed by atoms with van der Waals surface area (Å²) in [5.74, 6) is -1.17. The number of aliphatic hydroxyl groups is 1. The molecule has 2 amide bonds. The molecule has 3 atom stereocenters. The van der Waals surface area contributed by atoms with Crippen molar-refractivity contribution in [2.24, 2.45) is 0 Å². The van der Waals surface area contributed by atoms with Gasteiger partial charge in [0.25, 0.3) is 11.8 Å². The zero-order chi connectivity index (χ0) is 29.3. The number of anilines is 1. The SMILES string of the molecule is [2H]C([2H])([2H])C(C)(O)CNC(=O)c1nc(C(=O)N2CCC[C@@H]2C)c(-c2cnc(N[C@@H](CC)C(F)(F)F)cc2C)s1. The smallest absolute Gasteiger partial charge is 0.389 e. The molecule has 3 N–H and O–H groups in total. The van der Waals surface area contributed by atoms with E-state index < -0.39 is 43.0 Å². The molecule has 2 aromatic heterocycles. The van der Waals surface area contributed by atoms with Gasteiger partial charge in [-0.25, -0.2) is 9.97 Å². The minimum absolute atomic E-state index is 0.00572. The lowest BCUT2D eigenvalue weighted by Crippen LogP contribution is -2.38. The van der Waals surface area contributed by atoms with Gasteiger partial charge >= 0.3 is 6.18 Å². The summed E-state index contributed by atoms with van der Waals surface area (Å²) in [6, 6.07) is -0.392. The maximum atomic E-state index is 13.5. The molecule has 2 aromatic rings. The second kappa shape index (κ2) is 10.7. The molecule has 0 radical (unpaired) electrons.